The van der Waals surface area contributed by atoms with E-state index in [0.717, 1.165) is 18.5 Å². The van der Waals surface area contributed by atoms with Gasteiger partial charge in [-0.1, -0.05) is 38.8 Å². The predicted molar refractivity (Wildman–Crippen MR) is 67.1 cm³/mol. The van der Waals surface area contributed by atoms with Gasteiger partial charge < -0.3 is 5.32 Å². The third kappa shape index (κ3) is 4.75. The Labute approximate surface area is 98.1 Å². The molecule has 0 radical (unpaired) electrons. The lowest BCUT2D eigenvalue weighted by atomic mass is 10.0. The molecule has 0 saturated carbocycles. The maximum absolute atomic E-state index is 13.0. The highest BCUT2D eigenvalue weighted by Gasteiger charge is 2.07. The second kappa shape index (κ2) is 7.39. The van der Waals surface area contributed by atoms with Gasteiger partial charge in [-0.15, -0.1) is 0 Å². The van der Waals surface area contributed by atoms with Gasteiger partial charge in [0.1, 0.15) is 5.82 Å². The third-order valence-electron chi connectivity index (χ3n) is 2.77. The first-order valence-electron chi connectivity index (χ1n) is 6.24. The monoisotopic (exact) mass is 223 g/mol. The van der Waals surface area contributed by atoms with Crippen LogP contribution in [-0.2, 0) is 6.42 Å². The van der Waals surface area contributed by atoms with Gasteiger partial charge in [0.15, 0.2) is 0 Å². The van der Waals surface area contributed by atoms with Crippen LogP contribution in [0.15, 0.2) is 24.3 Å². The minimum atomic E-state index is -0.136. The molecule has 0 saturated heterocycles. The molecule has 0 fully saturated rings. The lowest BCUT2D eigenvalue weighted by Crippen LogP contribution is -2.30. The van der Waals surface area contributed by atoms with E-state index in [1.165, 1.54) is 25.3 Å². The van der Waals surface area contributed by atoms with Gasteiger partial charge in [0.2, 0.25) is 0 Å². The highest BCUT2D eigenvalue weighted by molar-refractivity contribution is 5.17. The van der Waals surface area contributed by atoms with Crippen molar-refractivity contribution in [3.8, 4) is 0 Å². The van der Waals surface area contributed by atoms with E-state index in [0.29, 0.717) is 6.04 Å². The maximum atomic E-state index is 13.0. The van der Waals surface area contributed by atoms with Crippen LogP contribution in [0.2, 0.25) is 0 Å². The van der Waals surface area contributed by atoms with Crippen LogP contribution in [0.1, 0.15) is 38.7 Å². The average Bonchev–Trinajstić information content (AvgIpc) is 2.26. The van der Waals surface area contributed by atoms with E-state index in [1.54, 1.807) is 12.1 Å². The fourth-order valence-corrected chi connectivity index (χ4v) is 1.96. The molecule has 1 aromatic carbocycles. The van der Waals surface area contributed by atoms with Crippen LogP contribution in [0.5, 0.6) is 0 Å². The topological polar surface area (TPSA) is 12.0 Å². The van der Waals surface area contributed by atoms with Crippen LogP contribution in [0.3, 0.4) is 0 Å². The molecule has 0 aromatic heterocycles. The second-order valence-corrected chi connectivity index (χ2v) is 4.23. The Bertz CT molecular complexity index is 299. The molecule has 1 atom stereocenters. The van der Waals surface area contributed by atoms with Crippen molar-refractivity contribution >= 4 is 0 Å². The molecule has 0 aliphatic rings. The molecule has 0 aliphatic carbocycles. The van der Waals surface area contributed by atoms with Crippen molar-refractivity contribution in [2.75, 3.05) is 6.54 Å². The number of halogens is 1. The van der Waals surface area contributed by atoms with Crippen LogP contribution in [0.4, 0.5) is 4.39 Å². The van der Waals surface area contributed by atoms with Gasteiger partial charge in [-0.2, -0.15) is 0 Å². The first kappa shape index (κ1) is 13.2. The maximum Gasteiger partial charge on any atom is 0.123 e. The molecule has 16 heavy (non-hydrogen) atoms. The summed E-state index contributed by atoms with van der Waals surface area (Å²) >= 11 is 0. The van der Waals surface area contributed by atoms with Gasteiger partial charge in [-0.25, -0.2) is 4.39 Å². The first-order chi connectivity index (χ1) is 7.76. The quantitative estimate of drug-likeness (QED) is 0.745. The normalized spacial score (nSPS) is 12.7. The summed E-state index contributed by atoms with van der Waals surface area (Å²) in [4.78, 5) is 0. The number of likely N-dealkylation sites (N-methyl/N-ethyl adjacent to an activating group) is 1. The second-order valence-electron chi connectivity index (χ2n) is 4.23. The Morgan fingerprint density at radius 1 is 1.31 bits per heavy atom. The summed E-state index contributed by atoms with van der Waals surface area (Å²) in [5.74, 6) is -0.136. The summed E-state index contributed by atoms with van der Waals surface area (Å²) in [6.07, 6.45) is 4.53. The highest BCUT2D eigenvalue weighted by atomic mass is 19.1. The Hall–Kier alpha value is -0.890. The Balaban J connectivity index is 2.52. The Morgan fingerprint density at radius 2 is 2.12 bits per heavy atom. The van der Waals surface area contributed by atoms with Gasteiger partial charge >= 0.3 is 0 Å². The van der Waals surface area contributed by atoms with Gasteiger partial charge in [0, 0.05) is 6.04 Å². The van der Waals surface area contributed by atoms with E-state index >= 15 is 0 Å². The fraction of sp³-hybridized carbons (Fsp3) is 0.571. The zero-order chi connectivity index (χ0) is 11.8. The smallest absolute Gasteiger partial charge is 0.123 e. The number of hydrogen-bond acceptors (Lipinski definition) is 1. The van der Waals surface area contributed by atoms with Crippen LogP contribution in [0, 0.1) is 5.82 Å². The summed E-state index contributed by atoms with van der Waals surface area (Å²) in [5.41, 5.74) is 1.09. The van der Waals surface area contributed by atoms with Gasteiger partial charge in [0.05, 0.1) is 0 Å². The Morgan fingerprint density at radius 3 is 2.75 bits per heavy atom. The van der Waals surface area contributed by atoms with E-state index in [-0.39, 0.29) is 5.82 Å². The summed E-state index contributed by atoms with van der Waals surface area (Å²) in [6, 6.07) is 7.40. The van der Waals surface area contributed by atoms with E-state index in [1.807, 2.05) is 6.07 Å². The van der Waals surface area contributed by atoms with Gasteiger partial charge in [-0.3, -0.25) is 0 Å². The molecule has 1 N–H and O–H groups in total. The predicted octanol–water partition coefficient (Wildman–Crippen LogP) is 3.54. The molecular weight excluding hydrogens is 201 g/mol. The lowest BCUT2D eigenvalue weighted by molar-refractivity contribution is 0.472. The number of benzene rings is 1. The minimum absolute atomic E-state index is 0.136. The van der Waals surface area contributed by atoms with Crippen molar-refractivity contribution in [2.24, 2.45) is 0 Å². The summed E-state index contributed by atoms with van der Waals surface area (Å²) in [5, 5.41) is 3.46. The van der Waals surface area contributed by atoms with E-state index in [4.69, 9.17) is 0 Å². The van der Waals surface area contributed by atoms with Crippen LogP contribution in [0.25, 0.3) is 0 Å². The zero-order valence-electron chi connectivity index (χ0n) is 10.3. The molecule has 1 nitrogen and oxygen atoms in total. The SMILES string of the molecule is CCCCC(Cc1cccc(F)c1)NCC. The number of nitrogens with one attached hydrogen (secondary N) is 1. The average molecular weight is 223 g/mol. The van der Waals surface area contributed by atoms with E-state index in [9.17, 15) is 4.39 Å². The van der Waals surface area contributed by atoms with Crippen LogP contribution < -0.4 is 5.32 Å². The number of rotatable bonds is 7. The standard InChI is InChI=1S/C14H22FN/c1-3-5-9-14(16-4-2)11-12-7-6-8-13(15)10-12/h6-8,10,14,16H,3-5,9,11H2,1-2H3. The van der Waals surface area contributed by atoms with Crippen molar-refractivity contribution in [3.05, 3.63) is 35.6 Å². The van der Waals surface area contributed by atoms with Crippen LogP contribution in [-0.4, -0.2) is 12.6 Å². The molecule has 1 aromatic rings. The van der Waals surface area contributed by atoms with E-state index < -0.39 is 0 Å². The lowest BCUT2D eigenvalue weighted by Gasteiger charge is -2.17. The molecule has 1 unspecified atom stereocenters. The molecule has 1 rings (SSSR count). The molecule has 0 amide bonds. The number of hydrogen-bond donors (Lipinski definition) is 1. The van der Waals surface area contributed by atoms with Gasteiger partial charge in [0.25, 0.3) is 0 Å². The third-order valence-corrected chi connectivity index (χ3v) is 2.77. The first-order valence-corrected chi connectivity index (χ1v) is 6.24. The van der Waals surface area contributed by atoms with Crippen molar-refractivity contribution in [1.29, 1.82) is 0 Å². The molecular formula is C14H22FN. The molecule has 0 aliphatic heterocycles. The Kier molecular flexibility index (Phi) is 6.09. The largest absolute Gasteiger partial charge is 0.314 e. The molecule has 0 bridgehead atoms. The van der Waals surface area contributed by atoms with Crippen molar-refractivity contribution in [1.82, 2.24) is 5.32 Å². The number of unbranched alkanes of at least 4 members (excludes halogenated alkanes) is 1. The van der Waals surface area contributed by atoms with Crippen molar-refractivity contribution in [2.45, 2.75) is 45.6 Å². The minimum Gasteiger partial charge on any atom is -0.314 e. The van der Waals surface area contributed by atoms with Crippen molar-refractivity contribution < 1.29 is 4.39 Å². The molecule has 0 spiro atoms. The van der Waals surface area contributed by atoms with Gasteiger partial charge in [-0.05, 0) is 37.1 Å². The zero-order valence-corrected chi connectivity index (χ0v) is 10.3. The molecule has 90 valence electrons. The summed E-state index contributed by atoms with van der Waals surface area (Å²) in [6.45, 7) is 5.29. The fourth-order valence-electron chi connectivity index (χ4n) is 1.96. The highest BCUT2D eigenvalue weighted by Crippen LogP contribution is 2.10. The van der Waals surface area contributed by atoms with Crippen molar-refractivity contribution in [3.63, 3.8) is 0 Å². The molecule has 2 heteroatoms. The summed E-state index contributed by atoms with van der Waals surface area (Å²) in [7, 11) is 0. The van der Waals surface area contributed by atoms with Crippen LogP contribution >= 0.6 is 0 Å². The molecule has 0 heterocycles. The summed E-state index contributed by atoms with van der Waals surface area (Å²) < 4.78 is 13.0. The van der Waals surface area contributed by atoms with E-state index in [2.05, 4.69) is 19.2 Å².